The summed E-state index contributed by atoms with van der Waals surface area (Å²) in [6.45, 7) is 10.2. The number of nitrogens with zero attached hydrogens (tertiary/aromatic N) is 1. The van der Waals surface area contributed by atoms with Crippen molar-refractivity contribution >= 4 is 21.4 Å². The van der Waals surface area contributed by atoms with E-state index in [1.807, 2.05) is 71.1 Å². The first kappa shape index (κ1) is 20.1. The average molecular weight is 381 g/mol. The molecule has 1 aromatic heterocycles. The lowest BCUT2D eigenvalue weighted by Gasteiger charge is -2.25. The van der Waals surface area contributed by atoms with Gasteiger partial charge in [0.2, 0.25) is 10.0 Å². The van der Waals surface area contributed by atoms with Gasteiger partial charge >= 0.3 is 0 Å². The van der Waals surface area contributed by atoms with Gasteiger partial charge < -0.3 is 4.90 Å². The summed E-state index contributed by atoms with van der Waals surface area (Å²) in [5, 5.41) is 2.02. The molecule has 0 saturated carbocycles. The highest BCUT2D eigenvalue weighted by Crippen LogP contribution is 2.30. The predicted octanol–water partition coefficient (Wildman–Crippen LogP) is 3.87. The molecule has 2 rings (SSSR count). The molecule has 0 saturated heterocycles. The zero-order valence-electron chi connectivity index (χ0n) is 16.1. The number of benzene rings is 1. The van der Waals surface area contributed by atoms with Crippen LogP contribution < -0.4 is 4.72 Å². The van der Waals surface area contributed by atoms with Gasteiger partial charge in [0.05, 0.1) is 10.9 Å². The summed E-state index contributed by atoms with van der Waals surface area (Å²) in [6.07, 6.45) is 0. The number of rotatable bonds is 6. The molecule has 0 spiro atoms. The van der Waals surface area contributed by atoms with Gasteiger partial charge in [-0.05, 0) is 88.0 Å². The number of thiophene rings is 1. The molecule has 4 nitrogen and oxygen atoms in total. The lowest BCUT2D eigenvalue weighted by molar-refractivity contribution is 0.303. The number of hydrogen-bond donors (Lipinski definition) is 1. The molecule has 0 aliphatic rings. The van der Waals surface area contributed by atoms with E-state index in [4.69, 9.17) is 0 Å². The van der Waals surface area contributed by atoms with Gasteiger partial charge in [0, 0.05) is 11.4 Å². The summed E-state index contributed by atoms with van der Waals surface area (Å²) in [5.41, 5.74) is 4.94. The molecular weight excluding hydrogens is 352 g/mol. The van der Waals surface area contributed by atoms with Crippen LogP contribution in [0.3, 0.4) is 0 Å². The molecule has 1 heterocycles. The van der Waals surface area contributed by atoms with Crippen molar-refractivity contribution in [3.8, 4) is 0 Å². The van der Waals surface area contributed by atoms with Crippen molar-refractivity contribution in [3.63, 3.8) is 0 Å². The first-order chi connectivity index (χ1) is 11.6. The van der Waals surface area contributed by atoms with Gasteiger partial charge in [-0.2, -0.15) is 0 Å². The van der Waals surface area contributed by atoms with Crippen molar-refractivity contribution < 1.29 is 8.42 Å². The van der Waals surface area contributed by atoms with Crippen LogP contribution in [0.1, 0.15) is 38.7 Å². The molecule has 1 unspecified atom stereocenters. The zero-order valence-corrected chi connectivity index (χ0v) is 17.7. The van der Waals surface area contributed by atoms with Gasteiger partial charge in [-0.15, -0.1) is 11.3 Å². The van der Waals surface area contributed by atoms with Gasteiger partial charge in [0.1, 0.15) is 0 Å². The Morgan fingerprint density at radius 1 is 1.00 bits per heavy atom. The standard InChI is InChI=1S/C19H28N2O2S2/c1-12-13(2)15(4)19(16(5)14(12)3)25(22,23)20-11-17(21(6)7)18-9-8-10-24-18/h8-10,17,20H,11H2,1-7H3. The third-order valence-corrected chi connectivity index (χ3v) is 7.83. The number of hydrogen-bond acceptors (Lipinski definition) is 4. The van der Waals surface area contributed by atoms with Crippen LogP contribution in [0, 0.1) is 34.6 Å². The van der Waals surface area contributed by atoms with Gasteiger partial charge in [0.25, 0.3) is 0 Å². The number of sulfonamides is 1. The van der Waals surface area contributed by atoms with Crippen LogP contribution in [-0.2, 0) is 10.0 Å². The largest absolute Gasteiger partial charge is 0.300 e. The van der Waals surface area contributed by atoms with Crippen LogP contribution in [0.15, 0.2) is 22.4 Å². The number of nitrogens with one attached hydrogen (secondary N) is 1. The Balaban J connectivity index is 2.37. The molecule has 2 aromatic rings. The molecule has 1 N–H and O–H groups in total. The molecule has 0 aliphatic carbocycles. The maximum atomic E-state index is 13.1. The molecule has 0 radical (unpaired) electrons. The van der Waals surface area contributed by atoms with Crippen LogP contribution in [0.4, 0.5) is 0 Å². The molecular formula is C19H28N2O2S2. The topological polar surface area (TPSA) is 49.4 Å². The highest BCUT2D eigenvalue weighted by molar-refractivity contribution is 7.89. The molecule has 0 amide bonds. The Bertz CT molecular complexity index is 825. The van der Waals surface area contributed by atoms with Crippen LogP contribution in [0.5, 0.6) is 0 Å². The second kappa shape index (κ2) is 7.58. The molecule has 25 heavy (non-hydrogen) atoms. The van der Waals surface area contributed by atoms with Gasteiger partial charge in [-0.3, -0.25) is 0 Å². The van der Waals surface area contributed by atoms with Crippen molar-refractivity contribution in [2.45, 2.75) is 45.6 Å². The molecule has 0 fully saturated rings. The van der Waals surface area contributed by atoms with Crippen molar-refractivity contribution in [2.24, 2.45) is 0 Å². The highest BCUT2D eigenvalue weighted by atomic mass is 32.2. The summed E-state index contributed by atoms with van der Waals surface area (Å²) >= 11 is 1.64. The summed E-state index contributed by atoms with van der Waals surface area (Å²) < 4.78 is 29.0. The fourth-order valence-electron chi connectivity index (χ4n) is 3.15. The van der Waals surface area contributed by atoms with Crippen molar-refractivity contribution in [1.82, 2.24) is 9.62 Å². The number of likely N-dealkylation sites (N-methyl/N-ethyl adjacent to an activating group) is 1. The van der Waals surface area contributed by atoms with Gasteiger partial charge in [-0.1, -0.05) is 6.07 Å². The Hall–Kier alpha value is -1.21. The van der Waals surface area contributed by atoms with Gasteiger partial charge in [0.15, 0.2) is 0 Å². The van der Waals surface area contributed by atoms with Crippen LogP contribution >= 0.6 is 11.3 Å². The van der Waals surface area contributed by atoms with Crippen LogP contribution in [0.2, 0.25) is 0 Å². The van der Waals surface area contributed by atoms with E-state index in [0.717, 1.165) is 27.1 Å². The van der Waals surface area contributed by atoms with E-state index in [9.17, 15) is 8.42 Å². The zero-order chi connectivity index (χ0) is 18.9. The van der Waals surface area contributed by atoms with E-state index < -0.39 is 10.0 Å². The maximum Gasteiger partial charge on any atom is 0.241 e. The summed E-state index contributed by atoms with van der Waals surface area (Å²) in [5.74, 6) is 0. The Morgan fingerprint density at radius 2 is 1.52 bits per heavy atom. The fraction of sp³-hybridized carbons (Fsp3) is 0.474. The Kier molecular flexibility index (Phi) is 6.09. The van der Waals surface area contributed by atoms with E-state index in [1.54, 1.807) is 11.3 Å². The molecule has 138 valence electrons. The van der Waals surface area contributed by atoms with Crippen LogP contribution in [-0.4, -0.2) is 34.0 Å². The monoisotopic (exact) mass is 380 g/mol. The minimum atomic E-state index is -3.58. The van der Waals surface area contributed by atoms with E-state index in [0.29, 0.717) is 11.4 Å². The van der Waals surface area contributed by atoms with E-state index in [2.05, 4.69) is 4.72 Å². The van der Waals surface area contributed by atoms with E-state index >= 15 is 0 Å². The first-order valence-corrected chi connectivity index (χ1v) is 10.7. The normalized spacial score (nSPS) is 13.4. The summed E-state index contributed by atoms with van der Waals surface area (Å²) in [6, 6.07) is 4.05. The SMILES string of the molecule is Cc1c(C)c(C)c(S(=O)(=O)NCC(c2cccs2)N(C)C)c(C)c1C. The molecule has 0 bridgehead atoms. The van der Waals surface area contributed by atoms with E-state index in [-0.39, 0.29) is 6.04 Å². The summed E-state index contributed by atoms with van der Waals surface area (Å²) in [7, 11) is 0.360. The second-order valence-corrected chi connectivity index (χ2v) is 9.48. The van der Waals surface area contributed by atoms with E-state index in [1.165, 1.54) is 5.56 Å². The molecule has 1 atom stereocenters. The first-order valence-electron chi connectivity index (χ1n) is 8.34. The third-order valence-electron chi connectivity index (χ3n) is 5.16. The van der Waals surface area contributed by atoms with Gasteiger partial charge in [-0.25, -0.2) is 13.1 Å². The fourth-order valence-corrected chi connectivity index (χ4v) is 5.70. The lowest BCUT2D eigenvalue weighted by atomic mass is 9.95. The summed E-state index contributed by atoms with van der Waals surface area (Å²) in [4.78, 5) is 3.62. The molecule has 6 heteroatoms. The highest BCUT2D eigenvalue weighted by Gasteiger charge is 2.25. The lowest BCUT2D eigenvalue weighted by Crippen LogP contribution is -2.35. The van der Waals surface area contributed by atoms with Crippen molar-refractivity contribution in [1.29, 1.82) is 0 Å². The predicted molar refractivity (Wildman–Crippen MR) is 106 cm³/mol. The molecule has 1 aromatic carbocycles. The van der Waals surface area contributed by atoms with Crippen molar-refractivity contribution in [2.75, 3.05) is 20.6 Å². The minimum Gasteiger partial charge on any atom is -0.300 e. The van der Waals surface area contributed by atoms with Crippen molar-refractivity contribution in [3.05, 3.63) is 50.2 Å². The Morgan fingerprint density at radius 3 is 1.96 bits per heavy atom. The average Bonchev–Trinajstić information content (AvgIpc) is 3.04. The Labute approximate surface area is 155 Å². The maximum absolute atomic E-state index is 13.1. The smallest absolute Gasteiger partial charge is 0.241 e. The molecule has 0 aliphatic heterocycles. The quantitative estimate of drug-likeness (QED) is 0.827. The second-order valence-electron chi connectivity index (χ2n) is 6.80. The van der Waals surface area contributed by atoms with Crippen LogP contribution in [0.25, 0.3) is 0 Å². The third kappa shape index (κ3) is 3.97. The minimum absolute atomic E-state index is 0.0167.